The van der Waals surface area contributed by atoms with Crippen molar-refractivity contribution < 1.29 is 0 Å². The summed E-state index contributed by atoms with van der Waals surface area (Å²) in [7, 11) is 0. The fourth-order valence-corrected chi connectivity index (χ4v) is 1.84. The average molecular weight is 246 g/mol. The van der Waals surface area contributed by atoms with Crippen molar-refractivity contribution in [1.82, 2.24) is 0 Å². The summed E-state index contributed by atoms with van der Waals surface area (Å²) in [6.07, 6.45) is 0. The van der Waals surface area contributed by atoms with Gasteiger partial charge in [0.1, 0.15) is 0 Å². The number of benzene rings is 1. The zero-order valence-electron chi connectivity index (χ0n) is 9.35. The van der Waals surface area contributed by atoms with Crippen LogP contribution in [0, 0.1) is 5.92 Å². The Labute approximate surface area is 102 Å². The minimum Gasteiger partial charge on any atom is -0.330 e. The zero-order valence-corrected chi connectivity index (χ0v) is 10.9. The van der Waals surface area contributed by atoms with E-state index in [9.17, 15) is 0 Å². The second-order valence-corrected chi connectivity index (χ2v) is 5.22. The maximum atomic E-state index is 6.01. The minimum atomic E-state index is -0.0474. The summed E-state index contributed by atoms with van der Waals surface area (Å²) in [5, 5.41) is 1.18. The Morgan fingerprint density at radius 3 is 2.27 bits per heavy atom. The predicted molar refractivity (Wildman–Crippen MR) is 67.7 cm³/mol. The molecule has 84 valence electrons. The van der Waals surface area contributed by atoms with Crippen molar-refractivity contribution in [2.24, 2.45) is 11.7 Å². The van der Waals surface area contributed by atoms with Crippen molar-refractivity contribution in [3.05, 3.63) is 33.8 Å². The molecular formula is C12H17Cl2N. The number of hydrogen-bond acceptors (Lipinski definition) is 1. The van der Waals surface area contributed by atoms with E-state index in [1.54, 1.807) is 0 Å². The van der Waals surface area contributed by atoms with Gasteiger partial charge in [-0.05, 0) is 23.6 Å². The third-order valence-electron chi connectivity index (χ3n) is 3.28. The van der Waals surface area contributed by atoms with E-state index in [0.29, 0.717) is 22.5 Å². The molecule has 1 atom stereocenters. The molecule has 15 heavy (non-hydrogen) atoms. The minimum absolute atomic E-state index is 0.0474. The Bertz CT molecular complexity index is 349. The fourth-order valence-electron chi connectivity index (χ4n) is 1.54. The lowest BCUT2D eigenvalue weighted by atomic mass is 9.73. The van der Waals surface area contributed by atoms with Crippen LogP contribution in [0.5, 0.6) is 0 Å². The third-order valence-corrected chi connectivity index (χ3v) is 4.02. The molecule has 0 aliphatic carbocycles. The SMILES string of the molecule is CC(C)C(C)(CN)c1ccc(Cl)c(Cl)c1. The maximum Gasteiger partial charge on any atom is 0.0595 e. The smallest absolute Gasteiger partial charge is 0.0595 e. The van der Waals surface area contributed by atoms with Crippen LogP contribution in [0.25, 0.3) is 0 Å². The van der Waals surface area contributed by atoms with Gasteiger partial charge in [0.2, 0.25) is 0 Å². The van der Waals surface area contributed by atoms with Gasteiger partial charge in [0.25, 0.3) is 0 Å². The maximum absolute atomic E-state index is 6.01. The van der Waals surface area contributed by atoms with E-state index in [-0.39, 0.29) is 5.41 Å². The van der Waals surface area contributed by atoms with Gasteiger partial charge in [-0.1, -0.05) is 50.0 Å². The summed E-state index contributed by atoms with van der Waals surface area (Å²) < 4.78 is 0. The highest BCUT2D eigenvalue weighted by molar-refractivity contribution is 6.42. The van der Waals surface area contributed by atoms with Gasteiger partial charge in [0.15, 0.2) is 0 Å². The standard InChI is InChI=1S/C12H17Cl2N/c1-8(2)12(3,7-15)9-4-5-10(13)11(14)6-9/h4-6,8H,7,15H2,1-3H3. The summed E-state index contributed by atoms with van der Waals surface area (Å²) in [5.74, 6) is 0.458. The van der Waals surface area contributed by atoms with Crippen LogP contribution < -0.4 is 5.73 Å². The van der Waals surface area contributed by atoms with Gasteiger partial charge in [-0.2, -0.15) is 0 Å². The van der Waals surface area contributed by atoms with Gasteiger partial charge in [-0.25, -0.2) is 0 Å². The van der Waals surface area contributed by atoms with Crippen LogP contribution in [-0.4, -0.2) is 6.54 Å². The van der Waals surface area contributed by atoms with Gasteiger partial charge in [-0.15, -0.1) is 0 Å². The van der Waals surface area contributed by atoms with E-state index in [4.69, 9.17) is 28.9 Å². The molecule has 0 bridgehead atoms. The molecule has 0 saturated carbocycles. The second-order valence-electron chi connectivity index (χ2n) is 4.41. The first-order valence-electron chi connectivity index (χ1n) is 5.07. The van der Waals surface area contributed by atoms with Crippen LogP contribution >= 0.6 is 23.2 Å². The van der Waals surface area contributed by atoms with Crippen molar-refractivity contribution in [3.8, 4) is 0 Å². The summed E-state index contributed by atoms with van der Waals surface area (Å²) in [5.41, 5.74) is 6.95. The molecule has 1 unspecified atom stereocenters. The number of nitrogens with two attached hydrogens (primary N) is 1. The number of halogens is 2. The van der Waals surface area contributed by atoms with E-state index in [0.717, 1.165) is 5.56 Å². The molecular weight excluding hydrogens is 229 g/mol. The highest BCUT2D eigenvalue weighted by Crippen LogP contribution is 2.34. The quantitative estimate of drug-likeness (QED) is 0.860. The molecule has 0 aromatic heterocycles. The molecule has 0 saturated heterocycles. The molecule has 0 aliphatic rings. The molecule has 1 rings (SSSR count). The van der Waals surface area contributed by atoms with Crippen LogP contribution in [0.1, 0.15) is 26.3 Å². The summed E-state index contributed by atoms with van der Waals surface area (Å²) in [6.45, 7) is 7.07. The molecule has 0 fully saturated rings. The molecule has 1 nitrogen and oxygen atoms in total. The Morgan fingerprint density at radius 2 is 1.87 bits per heavy atom. The van der Waals surface area contributed by atoms with Crippen LogP contribution in [0.3, 0.4) is 0 Å². The Morgan fingerprint density at radius 1 is 1.27 bits per heavy atom. The fraction of sp³-hybridized carbons (Fsp3) is 0.500. The molecule has 0 heterocycles. The van der Waals surface area contributed by atoms with E-state index in [1.165, 1.54) is 0 Å². The molecule has 0 amide bonds. The predicted octanol–water partition coefficient (Wildman–Crippen LogP) is 3.87. The Balaban J connectivity index is 3.19. The largest absolute Gasteiger partial charge is 0.330 e. The first-order chi connectivity index (χ1) is 6.91. The Kier molecular flexibility index (Phi) is 4.05. The lowest BCUT2D eigenvalue weighted by Crippen LogP contribution is -2.37. The average Bonchev–Trinajstić information content (AvgIpc) is 2.20. The lowest BCUT2D eigenvalue weighted by Gasteiger charge is -2.33. The van der Waals surface area contributed by atoms with Crippen LogP contribution in [-0.2, 0) is 5.41 Å². The second kappa shape index (κ2) is 4.73. The molecule has 1 aromatic rings. The first-order valence-corrected chi connectivity index (χ1v) is 5.83. The van der Waals surface area contributed by atoms with Crippen molar-refractivity contribution >= 4 is 23.2 Å². The highest BCUT2D eigenvalue weighted by atomic mass is 35.5. The molecule has 0 aliphatic heterocycles. The Hall–Kier alpha value is -0.240. The zero-order chi connectivity index (χ0) is 11.6. The molecule has 2 N–H and O–H groups in total. The van der Waals surface area contributed by atoms with Crippen LogP contribution in [0.4, 0.5) is 0 Å². The van der Waals surface area contributed by atoms with E-state index >= 15 is 0 Å². The summed E-state index contributed by atoms with van der Waals surface area (Å²) in [6, 6.07) is 5.74. The molecule has 1 aromatic carbocycles. The van der Waals surface area contributed by atoms with Gasteiger partial charge in [0.05, 0.1) is 10.0 Å². The van der Waals surface area contributed by atoms with Gasteiger partial charge >= 0.3 is 0 Å². The van der Waals surface area contributed by atoms with Crippen molar-refractivity contribution in [1.29, 1.82) is 0 Å². The van der Waals surface area contributed by atoms with Crippen molar-refractivity contribution in [3.63, 3.8) is 0 Å². The normalized spacial score (nSPS) is 15.4. The van der Waals surface area contributed by atoms with Crippen molar-refractivity contribution in [2.75, 3.05) is 6.54 Å². The first kappa shape index (κ1) is 12.8. The number of rotatable bonds is 3. The third kappa shape index (κ3) is 2.47. The van der Waals surface area contributed by atoms with E-state index in [2.05, 4.69) is 20.8 Å². The molecule has 3 heteroatoms. The van der Waals surface area contributed by atoms with E-state index < -0.39 is 0 Å². The highest BCUT2D eigenvalue weighted by Gasteiger charge is 2.29. The molecule has 0 radical (unpaired) electrons. The summed E-state index contributed by atoms with van der Waals surface area (Å²) in [4.78, 5) is 0. The van der Waals surface area contributed by atoms with Crippen LogP contribution in [0.2, 0.25) is 10.0 Å². The lowest BCUT2D eigenvalue weighted by molar-refractivity contribution is 0.347. The van der Waals surface area contributed by atoms with Crippen molar-refractivity contribution in [2.45, 2.75) is 26.2 Å². The van der Waals surface area contributed by atoms with Gasteiger partial charge < -0.3 is 5.73 Å². The van der Waals surface area contributed by atoms with Gasteiger partial charge in [0, 0.05) is 12.0 Å². The van der Waals surface area contributed by atoms with Crippen LogP contribution in [0.15, 0.2) is 18.2 Å². The van der Waals surface area contributed by atoms with Gasteiger partial charge in [-0.3, -0.25) is 0 Å². The summed E-state index contributed by atoms with van der Waals surface area (Å²) >= 11 is 11.9. The topological polar surface area (TPSA) is 26.0 Å². The van der Waals surface area contributed by atoms with E-state index in [1.807, 2.05) is 18.2 Å². The molecule has 0 spiro atoms. The number of hydrogen-bond donors (Lipinski definition) is 1. The monoisotopic (exact) mass is 245 g/mol.